The molecule has 0 unspecified atom stereocenters. The van der Waals surface area contributed by atoms with Gasteiger partial charge < -0.3 is 9.52 Å². The molecular weight excluding hydrogens is 518 g/mol. The normalized spacial score (nSPS) is 15.6. The summed E-state index contributed by atoms with van der Waals surface area (Å²) in [4.78, 5) is 28.4. The fraction of sp³-hybridized carbons (Fsp3) is 0.103. The fourth-order valence-electron chi connectivity index (χ4n) is 4.40. The largest absolute Gasteiger partial charge is 0.503 e. The van der Waals surface area contributed by atoms with Gasteiger partial charge in [0, 0.05) is 11.1 Å². The predicted molar refractivity (Wildman–Crippen MR) is 148 cm³/mol. The average Bonchev–Trinajstić information content (AvgIpc) is 3.65. The molecule has 0 bridgehead atoms. The van der Waals surface area contributed by atoms with Crippen molar-refractivity contribution in [2.45, 2.75) is 23.1 Å². The van der Waals surface area contributed by atoms with Crippen LogP contribution in [0, 0.1) is 6.92 Å². The number of hydrogen-bond donors (Lipinski definition) is 1. The number of carbonyl (C=O) groups is 2. The number of benzene rings is 3. The van der Waals surface area contributed by atoms with E-state index in [1.54, 1.807) is 12.1 Å². The van der Waals surface area contributed by atoms with Gasteiger partial charge in [0.1, 0.15) is 5.58 Å². The third-order valence-corrected chi connectivity index (χ3v) is 8.43. The predicted octanol–water partition coefficient (Wildman–Crippen LogP) is 6.67. The van der Waals surface area contributed by atoms with Gasteiger partial charge in [-0.05, 0) is 30.2 Å². The summed E-state index contributed by atoms with van der Waals surface area (Å²) < 4.78 is 6.46. The number of ketones is 1. The Morgan fingerprint density at radius 2 is 1.76 bits per heavy atom. The van der Waals surface area contributed by atoms with Crippen LogP contribution in [0.4, 0.5) is 5.13 Å². The Hall–Kier alpha value is -4.21. The number of aryl methyl sites for hydroxylation is 1. The number of thioether (sulfide) groups is 1. The van der Waals surface area contributed by atoms with Gasteiger partial charge in [0.25, 0.3) is 5.91 Å². The number of aliphatic hydroxyl groups excluding tert-OH is 1. The lowest BCUT2D eigenvalue weighted by Gasteiger charge is -2.23. The van der Waals surface area contributed by atoms with Gasteiger partial charge >= 0.3 is 0 Å². The van der Waals surface area contributed by atoms with Crippen molar-refractivity contribution in [3.63, 3.8) is 0 Å². The topological polar surface area (TPSA) is 96.5 Å². The highest BCUT2D eigenvalue weighted by atomic mass is 32.2. The Morgan fingerprint density at radius 1 is 1.03 bits per heavy atom. The Morgan fingerprint density at radius 3 is 2.53 bits per heavy atom. The minimum atomic E-state index is -0.882. The van der Waals surface area contributed by atoms with Crippen LogP contribution in [0.3, 0.4) is 0 Å². The summed E-state index contributed by atoms with van der Waals surface area (Å²) in [6.45, 7) is 2.04. The van der Waals surface area contributed by atoms with Crippen LogP contribution in [-0.2, 0) is 10.5 Å². The van der Waals surface area contributed by atoms with Crippen molar-refractivity contribution < 1.29 is 19.1 Å². The van der Waals surface area contributed by atoms with E-state index in [1.165, 1.54) is 33.6 Å². The number of fused-ring (bicyclic) bond motifs is 1. The maximum Gasteiger partial charge on any atom is 0.296 e. The van der Waals surface area contributed by atoms with E-state index in [9.17, 15) is 14.7 Å². The van der Waals surface area contributed by atoms with Crippen LogP contribution >= 0.6 is 23.1 Å². The monoisotopic (exact) mass is 539 g/mol. The van der Waals surface area contributed by atoms with E-state index in [0.717, 1.165) is 10.9 Å². The number of anilines is 1. The molecule has 2 aromatic heterocycles. The molecule has 6 rings (SSSR count). The molecule has 0 saturated heterocycles. The van der Waals surface area contributed by atoms with Crippen LogP contribution < -0.4 is 4.90 Å². The minimum absolute atomic E-state index is 0.0509. The van der Waals surface area contributed by atoms with E-state index in [-0.39, 0.29) is 11.3 Å². The Balaban J connectivity index is 1.34. The second kappa shape index (κ2) is 9.92. The number of aromatic nitrogens is 2. The molecule has 1 aliphatic rings. The number of carbonyl (C=O) groups excluding carboxylic acids is 2. The molecule has 9 heteroatoms. The molecule has 0 spiro atoms. The third-order valence-electron chi connectivity index (χ3n) is 6.30. The molecule has 0 saturated carbocycles. The molecule has 0 radical (unpaired) electrons. The first-order valence-corrected chi connectivity index (χ1v) is 13.7. The SMILES string of the molecule is Cc1ccc(CSc2nnc(N3C(=O)C(O)=C(C(=O)c4cc5ccccc5o4)[C@@H]3c3ccccc3)s2)cc1. The molecule has 0 aliphatic carbocycles. The number of Topliss-reactive ketones (excluding diaryl/α,β-unsaturated/α-hetero) is 1. The lowest BCUT2D eigenvalue weighted by Crippen LogP contribution is -2.31. The maximum atomic E-state index is 13.7. The van der Waals surface area contributed by atoms with E-state index in [4.69, 9.17) is 4.42 Å². The van der Waals surface area contributed by atoms with Gasteiger partial charge in [-0.15, -0.1) is 10.2 Å². The highest BCUT2D eigenvalue weighted by Crippen LogP contribution is 2.44. The molecule has 1 N–H and O–H groups in total. The standard InChI is InChI=1S/C29H21N3O4S2/c1-17-11-13-18(14-12-17)16-37-29-31-30-28(38-29)32-24(19-7-3-2-4-8-19)23(26(34)27(32)35)25(33)22-15-20-9-5-6-10-21(20)36-22/h2-15,24,34H,16H2,1H3/t24-/m0/s1. The van der Waals surface area contributed by atoms with Crippen LogP contribution in [0.1, 0.15) is 33.3 Å². The Bertz CT molecular complexity index is 1660. The Kier molecular flexibility index (Phi) is 6.30. The van der Waals surface area contributed by atoms with Crippen LogP contribution in [0.15, 0.2) is 105 Å². The van der Waals surface area contributed by atoms with Crippen LogP contribution in [0.2, 0.25) is 0 Å². The number of rotatable bonds is 7. The molecule has 3 heterocycles. The number of hydrogen-bond acceptors (Lipinski definition) is 8. The summed E-state index contributed by atoms with van der Waals surface area (Å²) in [6.07, 6.45) is 0. The van der Waals surface area contributed by atoms with Crippen molar-refractivity contribution in [2.75, 3.05) is 4.90 Å². The zero-order chi connectivity index (χ0) is 26.2. The van der Waals surface area contributed by atoms with Crippen LogP contribution in [0.25, 0.3) is 11.0 Å². The third kappa shape index (κ3) is 4.40. The smallest absolute Gasteiger partial charge is 0.296 e. The average molecular weight is 540 g/mol. The minimum Gasteiger partial charge on any atom is -0.503 e. The fourth-order valence-corrected chi connectivity index (χ4v) is 6.22. The molecule has 1 amide bonds. The van der Waals surface area contributed by atoms with E-state index in [1.807, 2.05) is 55.5 Å². The van der Waals surface area contributed by atoms with E-state index >= 15 is 0 Å². The highest BCUT2D eigenvalue weighted by Gasteiger charge is 2.46. The molecule has 0 fully saturated rings. The first-order chi connectivity index (χ1) is 18.5. The summed E-state index contributed by atoms with van der Waals surface area (Å²) in [5, 5.41) is 20.6. The van der Waals surface area contributed by atoms with E-state index in [0.29, 0.717) is 26.4 Å². The molecule has 38 heavy (non-hydrogen) atoms. The van der Waals surface area contributed by atoms with Gasteiger partial charge in [-0.1, -0.05) is 101 Å². The van der Waals surface area contributed by atoms with Gasteiger partial charge in [-0.2, -0.15) is 0 Å². The molecular formula is C29H21N3O4S2. The molecule has 3 aromatic carbocycles. The zero-order valence-corrected chi connectivity index (χ0v) is 21.8. The first kappa shape index (κ1) is 24.1. The summed E-state index contributed by atoms with van der Waals surface area (Å²) >= 11 is 2.76. The van der Waals surface area contributed by atoms with Gasteiger partial charge in [-0.25, -0.2) is 0 Å². The first-order valence-electron chi connectivity index (χ1n) is 11.9. The van der Waals surface area contributed by atoms with Crippen molar-refractivity contribution in [1.82, 2.24) is 10.2 Å². The quantitative estimate of drug-likeness (QED) is 0.140. The van der Waals surface area contributed by atoms with Gasteiger partial charge in [0.15, 0.2) is 15.9 Å². The molecule has 1 atom stereocenters. The van der Waals surface area contributed by atoms with Gasteiger partial charge in [0.2, 0.25) is 10.9 Å². The molecule has 1 aliphatic heterocycles. The van der Waals surface area contributed by atoms with Gasteiger partial charge in [-0.3, -0.25) is 14.5 Å². The van der Waals surface area contributed by atoms with Crippen molar-refractivity contribution >= 4 is 50.9 Å². The van der Waals surface area contributed by atoms with Crippen molar-refractivity contribution in [2.24, 2.45) is 0 Å². The summed E-state index contributed by atoms with van der Waals surface area (Å²) in [7, 11) is 0. The summed E-state index contributed by atoms with van der Waals surface area (Å²) in [6, 6.07) is 25.4. The second-order valence-electron chi connectivity index (χ2n) is 8.85. The van der Waals surface area contributed by atoms with E-state index < -0.39 is 23.5 Å². The number of nitrogens with zero attached hydrogens (tertiary/aromatic N) is 3. The van der Waals surface area contributed by atoms with Crippen molar-refractivity contribution in [1.29, 1.82) is 0 Å². The van der Waals surface area contributed by atoms with Crippen molar-refractivity contribution in [3.05, 3.63) is 119 Å². The summed E-state index contributed by atoms with van der Waals surface area (Å²) in [5.41, 5.74) is 3.50. The highest BCUT2D eigenvalue weighted by molar-refractivity contribution is 8.00. The number of amides is 1. The zero-order valence-electron chi connectivity index (χ0n) is 20.2. The van der Waals surface area contributed by atoms with Crippen molar-refractivity contribution in [3.8, 4) is 0 Å². The summed E-state index contributed by atoms with van der Waals surface area (Å²) in [5.74, 6) is -1.13. The number of aliphatic hydroxyl groups is 1. The lowest BCUT2D eigenvalue weighted by atomic mass is 9.95. The Labute approximate surface area is 226 Å². The lowest BCUT2D eigenvalue weighted by molar-refractivity contribution is -0.117. The second-order valence-corrected chi connectivity index (χ2v) is 11.0. The molecule has 188 valence electrons. The van der Waals surface area contributed by atoms with Crippen LogP contribution in [0.5, 0.6) is 0 Å². The molecule has 5 aromatic rings. The maximum absolute atomic E-state index is 13.7. The number of furan rings is 1. The molecule has 7 nitrogen and oxygen atoms in total. The van der Waals surface area contributed by atoms with Gasteiger partial charge in [0.05, 0.1) is 11.6 Å². The van der Waals surface area contributed by atoms with Crippen LogP contribution in [-0.4, -0.2) is 27.0 Å². The van der Waals surface area contributed by atoms with E-state index in [2.05, 4.69) is 34.5 Å². The number of para-hydroxylation sites is 1.